The molecule has 0 aromatic heterocycles. The molecule has 0 aromatic carbocycles. The lowest BCUT2D eigenvalue weighted by Crippen LogP contribution is -2.15. The Morgan fingerprint density at radius 2 is 2.55 bits per heavy atom. The molecule has 11 heavy (non-hydrogen) atoms. The predicted octanol–water partition coefficient (Wildman–Crippen LogP) is 1.20. The summed E-state index contributed by atoms with van der Waals surface area (Å²) in [5, 5.41) is 0. The van der Waals surface area contributed by atoms with Crippen LogP contribution in [0.15, 0.2) is 0 Å². The molecule has 1 saturated heterocycles. The van der Waals surface area contributed by atoms with E-state index in [2.05, 4.69) is 15.0 Å². The Hall–Kier alpha value is -0.360. The number of terminal acetylenes is 1. The van der Waals surface area contributed by atoms with Crippen molar-refractivity contribution in [3.8, 4) is 12.3 Å². The van der Waals surface area contributed by atoms with E-state index in [0.29, 0.717) is 0 Å². The third-order valence-electron chi connectivity index (χ3n) is 1.44. The normalized spacial score (nSPS) is 43.7. The van der Waals surface area contributed by atoms with Gasteiger partial charge in [-0.05, 0) is 0 Å². The topological polar surface area (TPSA) is 35.5 Å². The van der Waals surface area contributed by atoms with Crippen LogP contribution >= 0.6 is 7.60 Å². The Bertz CT molecular complexity index is 234. The maximum atomic E-state index is 12.8. The summed E-state index contributed by atoms with van der Waals surface area (Å²) in [7, 11) is -1.98. The van der Waals surface area contributed by atoms with E-state index in [4.69, 9.17) is 6.42 Å². The van der Waals surface area contributed by atoms with Gasteiger partial charge in [0.25, 0.3) is 0 Å². The van der Waals surface area contributed by atoms with Crippen LogP contribution in [0.4, 0.5) is 4.39 Å². The molecule has 0 amide bonds. The largest absolute Gasteiger partial charge is 0.334 e. The van der Waals surface area contributed by atoms with Gasteiger partial charge in [-0.2, -0.15) is 0 Å². The average Bonchev–Trinajstić information content (AvgIpc) is 2.27. The summed E-state index contributed by atoms with van der Waals surface area (Å²) < 4.78 is 33.1. The minimum Gasteiger partial charge on any atom is -0.312 e. The van der Waals surface area contributed by atoms with Crippen LogP contribution in [0, 0.1) is 12.3 Å². The summed E-state index contributed by atoms with van der Waals surface area (Å²) in [5.74, 6) is 2.05. The van der Waals surface area contributed by atoms with Crippen LogP contribution < -0.4 is 0 Å². The van der Waals surface area contributed by atoms with Crippen LogP contribution in [0.3, 0.4) is 0 Å². The van der Waals surface area contributed by atoms with Crippen molar-refractivity contribution < 1.29 is 18.0 Å². The van der Waals surface area contributed by atoms with Gasteiger partial charge in [0.15, 0.2) is 6.10 Å². The van der Waals surface area contributed by atoms with Crippen molar-refractivity contribution in [2.24, 2.45) is 0 Å². The van der Waals surface area contributed by atoms with Crippen molar-refractivity contribution in [2.45, 2.75) is 12.3 Å². The fraction of sp³-hybridized carbons (Fsp3) is 0.667. The molecule has 1 aliphatic heterocycles. The maximum Gasteiger partial charge on any atom is 0.334 e. The highest BCUT2D eigenvalue weighted by molar-refractivity contribution is 7.54. The van der Waals surface area contributed by atoms with Crippen molar-refractivity contribution in [3.05, 3.63) is 0 Å². The summed E-state index contributed by atoms with van der Waals surface area (Å²) in [5.41, 5.74) is 0. The van der Waals surface area contributed by atoms with E-state index in [1.807, 2.05) is 0 Å². The monoisotopic (exact) mass is 178 g/mol. The van der Waals surface area contributed by atoms with Crippen LogP contribution in [0.2, 0.25) is 0 Å². The van der Waals surface area contributed by atoms with Gasteiger partial charge in [-0.1, -0.05) is 5.92 Å². The molecule has 0 saturated carbocycles. The second-order valence-electron chi connectivity index (χ2n) is 2.18. The molecule has 62 valence electrons. The van der Waals surface area contributed by atoms with Gasteiger partial charge >= 0.3 is 7.60 Å². The van der Waals surface area contributed by atoms with Gasteiger partial charge in [-0.3, -0.25) is 9.09 Å². The van der Waals surface area contributed by atoms with E-state index in [1.165, 1.54) is 7.11 Å². The number of hydrogen-bond donors (Lipinski definition) is 0. The quantitative estimate of drug-likeness (QED) is 0.447. The molecule has 0 spiro atoms. The number of halogens is 1. The van der Waals surface area contributed by atoms with E-state index in [1.54, 1.807) is 0 Å². The van der Waals surface area contributed by atoms with Crippen LogP contribution in [-0.2, 0) is 13.6 Å². The first-order valence-electron chi connectivity index (χ1n) is 3.05. The Balaban J connectivity index is 2.72. The van der Waals surface area contributed by atoms with E-state index < -0.39 is 19.9 Å². The molecule has 1 heterocycles. The van der Waals surface area contributed by atoms with Crippen LogP contribution in [-0.4, -0.2) is 25.5 Å². The molecule has 0 bridgehead atoms. The smallest absolute Gasteiger partial charge is 0.312 e. The van der Waals surface area contributed by atoms with Gasteiger partial charge < -0.3 is 4.52 Å². The molecule has 0 aliphatic carbocycles. The van der Waals surface area contributed by atoms with E-state index in [-0.39, 0.29) is 6.16 Å². The minimum absolute atomic E-state index is 0.238. The molecule has 1 rings (SSSR count). The zero-order chi connectivity index (χ0) is 8.48. The van der Waals surface area contributed by atoms with Gasteiger partial charge in [0.05, 0.1) is 6.16 Å². The molecule has 3 atom stereocenters. The van der Waals surface area contributed by atoms with Gasteiger partial charge in [0.1, 0.15) is 6.17 Å². The van der Waals surface area contributed by atoms with Gasteiger partial charge in [0.2, 0.25) is 0 Å². The third-order valence-corrected chi connectivity index (χ3v) is 3.34. The standard InChI is InChI=1S/C6H8FO3P/c1-3-6-5(7)4-11(8,9-2)10-6/h1,5-6H,4H2,2H3. The van der Waals surface area contributed by atoms with Gasteiger partial charge in [-0.15, -0.1) is 6.42 Å². The van der Waals surface area contributed by atoms with Crippen molar-refractivity contribution in [3.63, 3.8) is 0 Å². The van der Waals surface area contributed by atoms with Gasteiger partial charge in [-0.25, -0.2) is 4.39 Å². The molecule has 0 radical (unpaired) electrons. The van der Waals surface area contributed by atoms with Crippen LogP contribution in [0.5, 0.6) is 0 Å². The van der Waals surface area contributed by atoms with Crippen molar-refractivity contribution >= 4 is 7.60 Å². The summed E-state index contributed by atoms with van der Waals surface area (Å²) in [6, 6.07) is 0. The number of alkyl halides is 1. The lowest BCUT2D eigenvalue weighted by Gasteiger charge is -2.06. The highest BCUT2D eigenvalue weighted by Crippen LogP contribution is 2.55. The first-order valence-corrected chi connectivity index (χ1v) is 4.77. The van der Waals surface area contributed by atoms with Crippen molar-refractivity contribution in [1.82, 2.24) is 0 Å². The highest BCUT2D eigenvalue weighted by atomic mass is 31.2. The molecular weight excluding hydrogens is 170 g/mol. The molecular formula is C6H8FO3P. The zero-order valence-corrected chi connectivity index (χ0v) is 6.88. The maximum absolute atomic E-state index is 12.8. The Morgan fingerprint density at radius 3 is 2.82 bits per heavy atom. The summed E-state index contributed by atoms with van der Waals surface area (Å²) in [6.07, 6.45) is 2.29. The molecule has 0 aromatic rings. The lowest BCUT2D eigenvalue weighted by molar-refractivity contribution is 0.179. The minimum atomic E-state index is -3.20. The number of rotatable bonds is 1. The Labute approximate surface area is 64.4 Å². The zero-order valence-electron chi connectivity index (χ0n) is 5.99. The summed E-state index contributed by atoms with van der Waals surface area (Å²) in [6.45, 7) is 0. The summed E-state index contributed by atoms with van der Waals surface area (Å²) in [4.78, 5) is 0. The fourth-order valence-electron chi connectivity index (χ4n) is 0.844. The van der Waals surface area contributed by atoms with Crippen LogP contribution in [0.25, 0.3) is 0 Å². The summed E-state index contributed by atoms with van der Waals surface area (Å²) >= 11 is 0. The Morgan fingerprint density at radius 1 is 1.91 bits per heavy atom. The van der Waals surface area contributed by atoms with Crippen LogP contribution in [0.1, 0.15) is 0 Å². The molecule has 1 fully saturated rings. The first-order chi connectivity index (χ1) is 5.11. The third kappa shape index (κ3) is 1.62. The molecule has 3 unspecified atom stereocenters. The second-order valence-corrected chi connectivity index (χ2v) is 4.35. The average molecular weight is 178 g/mol. The fourth-order valence-corrected chi connectivity index (χ4v) is 2.32. The second kappa shape index (κ2) is 2.94. The van der Waals surface area contributed by atoms with Crippen molar-refractivity contribution in [1.29, 1.82) is 0 Å². The lowest BCUT2D eigenvalue weighted by atomic mass is 10.3. The van der Waals surface area contributed by atoms with E-state index in [0.717, 1.165) is 0 Å². The first kappa shape index (κ1) is 8.73. The molecule has 3 nitrogen and oxygen atoms in total. The van der Waals surface area contributed by atoms with E-state index >= 15 is 0 Å². The van der Waals surface area contributed by atoms with E-state index in [9.17, 15) is 8.96 Å². The Kier molecular flexibility index (Phi) is 2.34. The van der Waals surface area contributed by atoms with Crippen molar-refractivity contribution in [2.75, 3.05) is 13.3 Å². The molecule has 5 heteroatoms. The SMILES string of the molecule is C#CC1OP(=O)(OC)CC1F. The predicted molar refractivity (Wildman–Crippen MR) is 38.1 cm³/mol. The highest BCUT2D eigenvalue weighted by Gasteiger charge is 2.43. The number of hydrogen-bond acceptors (Lipinski definition) is 3. The molecule has 0 N–H and O–H groups in total. The van der Waals surface area contributed by atoms with Gasteiger partial charge in [0, 0.05) is 7.11 Å². The molecule has 1 aliphatic rings.